The third kappa shape index (κ3) is 4.09. The van der Waals surface area contributed by atoms with Crippen LogP contribution in [0.3, 0.4) is 0 Å². The normalized spacial score (nSPS) is 12.2. The molecule has 0 amide bonds. The Morgan fingerprint density at radius 1 is 1.21 bits per heavy atom. The van der Waals surface area contributed by atoms with Crippen molar-refractivity contribution in [3.63, 3.8) is 0 Å². The first-order valence-corrected chi connectivity index (χ1v) is 10.0. The average Bonchev–Trinajstić information content (AvgIpc) is 3.01. The molecule has 28 heavy (non-hydrogen) atoms. The molecule has 2 aromatic heterocycles. The van der Waals surface area contributed by atoms with E-state index in [1.54, 1.807) is 7.05 Å². The first kappa shape index (κ1) is 20.1. The maximum atomic E-state index is 13.3. The third-order valence-electron chi connectivity index (χ3n) is 3.87. The van der Waals surface area contributed by atoms with Gasteiger partial charge in [0.05, 0.1) is 16.8 Å². The molecule has 0 atom stereocenters. The summed E-state index contributed by atoms with van der Waals surface area (Å²) >= 11 is 0. The standard InChI is InChI=1S/C16H13ClF3N5O2S/c1-9-12(4-3-5-13(9)28(17,26)27)23-15-21-7-11(16(18,19)20)14(24-15)10-6-22-25(2)8-10/h3-8H,1-2H3,(H,21,23,24). The van der Waals surface area contributed by atoms with Gasteiger partial charge in [0.2, 0.25) is 5.95 Å². The summed E-state index contributed by atoms with van der Waals surface area (Å²) in [7, 11) is 2.97. The monoisotopic (exact) mass is 431 g/mol. The molecule has 148 valence electrons. The van der Waals surface area contributed by atoms with Gasteiger partial charge >= 0.3 is 6.18 Å². The van der Waals surface area contributed by atoms with Crippen molar-refractivity contribution < 1.29 is 21.6 Å². The lowest BCUT2D eigenvalue weighted by atomic mass is 10.1. The maximum absolute atomic E-state index is 13.3. The fraction of sp³-hybridized carbons (Fsp3) is 0.188. The fourth-order valence-corrected chi connectivity index (χ4v) is 3.77. The number of nitrogens with zero attached hydrogens (tertiary/aromatic N) is 4. The van der Waals surface area contributed by atoms with Crippen LogP contribution in [0.2, 0.25) is 0 Å². The molecule has 0 unspecified atom stereocenters. The van der Waals surface area contributed by atoms with Crippen LogP contribution in [0, 0.1) is 6.92 Å². The van der Waals surface area contributed by atoms with Crippen LogP contribution in [0.1, 0.15) is 11.1 Å². The van der Waals surface area contributed by atoms with Crippen molar-refractivity contribution in [2.75, 3.05) is 5.32 Å². The van der Waals surface area contributed by atoms with E-state index in [9.17, 15) is 21.6 Å². The molecule has 0 aliphatic rings. The second-order valence-corrected chi connectivity index (χ2v) is 8.38. The minimum absolute atomic E-state index is 0.126. The minimum Gasteiger partial charge on any atom is -0.324 e. The summed E-state index contributed by atoms with van der Waals surface area (Å²) < 4.78 is 64.6. The van der Waals surface area contributed by atoms with E-state index in [0.29, 0.717) is 11.9 Å². The molecule has 12 heteroatoms. The number of aryl methyl sites for hydroxylation is 1. The Morgan fingerprint density at radius 3 is 2.50 bits per heavy atom. The van der Waals surface area contributed by atoms with Gasteiger partial charge in [-0.2, -0.15) is 18.3 Å². The first-order valence-electron chi connectivity index (χ1n) is 7.71. The van der Waals surface area contributed by atoms with Gasteiger partial charge in [-0.3, -0.25) is 4.68 Å². The van der Waals surface area contributed by atoms with Crippen LogP contribution in [-0.4, -0.2) is 28.2 Å². The molecule has 0 saturated carbocycles. The molecule has 0 bridgehead atoms. The number of aromatic nitrogens is 4. The molecule has 0 radical (unpaired) electrons. The lowest BCUT2D eigenvalue weighted by Gasteiger charge is -2.14. The Kier molecular flexibility index (Phi) is 5.06. The fourth-order valence-electron chi connectivity index (χ4n) is 2.55. The van der Waals surface area contributed by atoms with E-state index in [2.05, 4.69) is 20.4 Å². The molecule has 2 heterocycles. The largest absolute Gasteiger partial charge is 0.419 e. The zero-order valence-electron chi connectivity index (χ0n) is 14.5. The quantitative estimate of drug-likeness (QED) is 0.630. The lowest BCUT2D eigenvalue weighted by molar-refractivity contribution is -0.137. The number of anilines is 2. The smallest absolute Gasteiger partial charge is 0.324 e. The predicted octanol–water partition coefficient (Wildman–Crippen LogP) is 3.88. The van der Waals surface area contributed by atoms with Gasteiger partial charge in [0.25, 0.3) is 9.05 Å². The van der Waals surface area contributed by atoms with Crippen molar-refractivity contribution in [2.24, 2.45) is 7.05 Å². The zero-order chi connectivity index (χ0) is 20.7. The number of nitrogens with one attached hydrogen (secondary N) is 1. The molecule has 1 aromatic carbocycles. The van der Waals surface area contributed by atoms with Crippen LogP contribution in [0.5, 0.6) is 0 Å². The van der Waals surface area contributed by atoms with Crippen LogP contribution >= 0.6 is 10.7 Å². The molecule has 0 saturated heterocycles. The summed E-state index contributed by atoms with van der Waals surface area (Å²) in [5, 5.41) is 6.61. The highest BCUT2D eigenvalue weighted by Gasteiger charge is 2.35. The Labute approximate surface area is 162 Å². The highest BCUT2D eigenvalue weighted by molar-refractivity contribution is 8.13. The molecule has 0 aliphatic heterocycles. The van der Waals surface area contributed by atoms with Gasteiger partial charge in [0.15, 0.2) is 0 Å². The van der Waals surface area contributed by atoms with Gasteiger partial charge in [0.1, 0.15) is 5.56 Å². The van der Waals surface area contributed by atoms with E-state index in [4.69, 9.17) is 10.7 Å². The Morgan fingerprint density at radius 2 is 1.93 bits per heavy atom. The van der Waals surface area contributed by atoms with Crippen LogP contribution in [0.4, 0.5) is 24.8 Å². The van der Waals surface area contributed by atoms with E-state index in [1.165, 1.54) is 42.2 Å². The summed E-state index contributed by atoms with van der Waals surface area (Å²) in [4.78, 5) is 7.56. The minimum atomic E-state index is -4.66. The number of halogens is 4. The zero-order valence-corrected chi connectivity index (χ0v) is 16.1. The SMILES string of the molecule is Cc1c(Nc2ncc(C(F)(F)F)c(-c3cnn(C)c3)n2)cccc1S(=O)(=O)Cl. The molecule has 0 fully saturated rings. The second-order valence-electron chi connectivity index (χ2n) is 5.85. The van der Waals surface area contributed by atoms with Crippen molar-refractivity contribution in [2.45, 2.75) is 18.0 Å². The van der Waals surface area contributed by atoms with Crippen molar-refractivity contribution in [1.82, 2.24) is 19.7 Å². The summed E-state index contributed by atoms with van der Waals surface area (Å²) in [6.07, 6.45) is -1.35. The summed E-state index contributed by atoms with van der Waals surface area (Å²) in [5.74, 6) is -0.140. The molecule has 1 N–H and O–H groups in total. The van der Waals surface area contributed by atoms with Gasteiger partial charge in [-0.1, -0.05) is 6.07 Å². The van der Waals surface area contributed by atoms with Crippen LogP contribution in [0.15, 0.2) is 41.7 Å². The van der Waals surface area contributed by atoms with Crippen molar-refractivity contribution in [3.8, 4) is 11.3 Å². The summed E-state index contributed by atoms with van der Waals surface area (Å²) in [5.41, 5.74) is -0.631. The van der Waals surface area contributed by atoms with E-state index < -0.39 is 20.8 Å². The number of hydrogen-bond donors (Lipinski definition) is 1. The maximum Gasteiger partial charge on any atom is 0.419 e. The molecule has 0 spiro atoms. The third-order valence-corrected chi connectivity index (χ3v) is 5.33. The second kappa shape index (κ2) is 7.06. The van der Waals surface area contributed by atoms with Crippen molar-refractivity contribution >= 4 is 31.4 Å². The highest BCUT2D eigenvalue weighted by atomic mass is 35.7. The van der Waals surface area contributed by atoms with E-state index in [1.807, 2.05) is 0 Å². The molecule has 3 rings (SSSR count). The number of alkyl halides is 3. The van der Waals surface area contributed by atoms with E-state index in [0.717, 1.165) is 0 Å². The topological polar surface area (TPSA) is 89.8 Å². The summed E-state index contributed by atoms with van der Waals surface area (Å²) in [6, 6.07) is 4.29. The van der Waals surface area contributed by atoms with E-state index >= 15 is 0 Å². The van der Waals surface area contributed by atoms with Crippen LogP contribution in [-0.2, 0) is 22.3 Å². The van der Waals surface area contributed by atoms with E-state index in [-0.39, 0.29) is 27.7 Å². The Balaban J connectivity index is 2.08. The Bertz CT molecular complexity index is 1150. The van der Waals surface area contributed by atoms with Gasteiger partial charge in [0, 0.05) is 41.4 Å². The highest BCUT2D eigenvalue weighted by Crippen LogP contribution is 2.36. The first-order chi connectivity index (χ1) is 13.0. The van der Waals surface area contributed by atoms with Gasteiger partial charge in [-0.05, 0) is 24.6 Å². The van der Waals surface area contributed by atoms with Crippen LogP contribution in [0.25, 0.3) is 11.3 Å². The molecule has 3 aromatic rings. The molecular formula is C16H13ClF3N5O2S. The van der Waals surface area contributed by atoms with Gasteiger partial charge < -0.3 is 5.32 Å². The number of rotatable bonds is 4. The Hall–Kier alpha value is -2.66. The van der Waals surface area contributed by atoms with Gasteiger partial charge in [-0.15, -0.1) is 0 Å². The van der Waals surface area contributed by atoms with Crippen molar-refractivity contribution in [1.29, 1.82) is 0 Å². The van der Waals surface area contributed by atoms with Crippen LogP contribution < -0.4 is 5.32 Å². The van der Waals surface area contributed by atoms with Gasteiger partial charge in [-0.25, -0.2) is 18.4 Å². The molecule has 0 aliphatic carbocycles. The van der Waals surface area contributed by atoms with Crippen molar-refractivity contribution in [3.05, 3.63) is 47.9 Å². The number of benzene rings is 1. The average molecular weight is 432 g/mol. The predicted molar refractivity (Wildman–Crippen MR) is 96.7 cm³/mol. The number of hydrogen-bond acceptors (Lipinski definition) is 6. The summed E-state index contributed by atoms with van der Waals surface area (Å²) in [6.45, 7) is 1.50. The molecular weight excluding hydrogens is 419 g/mol. The lowest BCUT2D eigenvalue weighted by Crippen LogP contribution is -2.11. The molecule has 7 nitrogen and oxygen atoms in total.